The van der Waals surface area contributed by atoms with Gasteiger partial charge in [0.2, 0.25) is 5.91 Å². The molecule has 0 saturated carbocycles. The van der Waals surface area contributed by atoms with Gasteiger partial charge in [-0.25, -0.2) is 4.39 Å². The van der Waals surface area contributed by atoms with E-state index in [1.54, 1.807) is 12.1 Å². The second-order valence-electron chi connectivity index (χ2n) is 9.09. The molecule has 0 bridgehead atoms. The predicted molar refractivity (Wildman–Crippen MR) is 116 cm³/mol. The zero-order chi connectivity index (χ0) is 21.5. The fourth-order valence-corrected chi connectivity index (χ4v) is 4.69. The maximum Gasteiger partial charge on any atom is 0.237 e. The minimum absolute atomic E-state index is 0.0116. The molecule has 0 aromatic heterocycles. The van der Waals surface area contributed by atoms with E-state index >= 15 is 0 Å². The first-order valence-corrected chi connectivity index (χ1v) is 10.7. The number of benzene rings is 2. The van der Waals surface area contributed by atoms with Gasteiger partial charge in [-0.05, 0) is 88.2 Å². The number of nitrogens with zero attached hydrogens (tertiary/aromatic N) is 2. The number of hydrogen-bond donors (Lipinski definition) is 0. The van der Waals surface area contributed by atoms with Crippen molar-refractivity contribution in [1.82, 2.24) is 4.90 Å². The Hall–Kier alpha value is -2.53. The van der Waals surface area contributed by atoms with Crippen molar-refractivity contribution >= 4 is 17.4 Å². The van der Waals surface area contributed by atoms with Crippen LogP contribution in [0.1, 0.15) is 48.2 Å². The Kier molecular flexibility index (Phi) is 5.49. The Morgan fingerprint density at radius 2 is 1.73 bits per heavy atom. The number of ketones is 1. The maximum absolute atomic E-state index is 13.1. The summed E-state index contributed by atoms with van der Waals surface area (Å²) in [6, 6.07) is 12.1. The number of anilines is 1. The van der Waals surface area contributed by atoms with E-state index in [9.17, 15) is 14.0 Å². The maximum atomic E-state index is 13.1. The van der Waals surface area contributed by atoms with Crippen LogP contribution in [-0.2, 0) is 10.2 Å². The second kappa shape index (κ2) is 7.95. The Morgan fingerprint density at radius 3 is 2.40 bits per heavy atom. The van der Waals surface area contributed by atoms with Crippen LogP contribution >= 0.6 is 0 Å². The smallest absolute Gasteiger partial charge is 0.237 e. The monoisotopic (exact) mass is 408 g/mol. The number of fused-ring (bicyclic) bond motifs is 1. The highest BCUT2D eigenvalue weighted by Crippen LogP contribution is 2.41. The fourth-order valence-electron chi connectivity index (χ4n) is 4.69. The van der Waals surface area contributed by atoms with Crippen molar-refractivity contribution in [2.24, 2.45) is 5.92 Å². The number of hydrogen-bond acceptors (Lipinski definition) is 3. The lowest BCUT2D eigenvalue weighted by molar-refractivity contribution is -0.122. The van der Waals surface area contributed by atoms with E-state index in [1.807, 2.05) is 18.7 Å². The van der Waals surface area contributed by atoms with E-state index in [0.29, 0.717) is 12.1 Å². The van der Waals surface area contributed by atoms with Gasteiger partial charge in [0.15, 0.2) is 5.78 Å². The molecule has 2 aliphatic heterocycles. The molecule has 2 aromatic rings. The lowest BCUT2D eigenvalue weighted by atomic mass is 9.86. The summed E-state index contributed by atoms with van der Waals surface area (Å²) in [6.07, 6.45) is 1.59. The van der Waals surface area contributed by atoms with E-state index in [2.05, 4.69) is 30.0 Å². The molecule has 5 heteroatoms. The molecule has 158 valence electrons. The van der Waals surface area contributed by atoms with Gasteiger partial charge in [-0.3, -0.25) is 9.59 Å². The van der Waals surface area contributed by atoms with Crippen LogP contribution in [-0.4, -0.2) is 42.8 Å². The molecule has 0 atom stereocenters. The van der Waals surface area contributed by atoms with Gasteiger partial charge in [0, 0.05) is 30.3 Å². The standard InChI is InChI=1S/C25H29FN2O2/c1-17-4-9-21-22(16-17)28(24(30)25(21,2)3)15-14-27-12-10-19(11-13-27)23(29)18-5-7-20(26)8-6-18/h4-9,16,19H,10-15H2,1-3H3. The SMILES string of the molecule is Cc1ccc2c(c1)N(CCN1CCC(C(=O)c3ccc(F)cc3)CC1)C(=O)C2(C)C. The summed E-state index contributed by atoms with van der Waals surface area (Å²) in [5, 5.41) is 0. The minimum atomic E-state index is -0.488. The van der Waals surface area contributed by atoms with Crippen LogP contribution in [0, 0.1) is 18.7 Å². The van der Waals surface area contributed by atoms with Gasteiger partial charge in [0.05, 0.1) is 5.41 Å². The molecular formula is C25H29FN2O2. The third-order valence-electron chi connectivity index (χ3n) is 6.62. The molecule has 4 nitrogen and oxygen atoms in total. The lowest BCUT2D eigenvalue weighted by Crippen LogP contribution is -2.43. The highest BCUT2D eigenvalue weighted by Gasteiger charge is 2.43. The number of rotatable bonds is 5. The first kappa shape index (κ1) is 20.7. The van der Waals surface area contributed by atoms with E-state index in [-0.39, 0.29) is 23.4 Å². The van der Waals surface area contributed by atoms with Gasteiger partial charge in [0.25, 0.3) is 0 Å². The first-order valence-electron chi connectivity index (χ1n) is 10.7. The van der Waals surface area contributed by atoms with Gasteiger partial charge in [-0.1, -0.05) is 12.1 Å². The molecule has 2 aliphatic rings. The van der Waals surface area contributed by atoms with Crippen molar-refractivity contribution < 1.29 is 14.0 Å². The Labute approximate surface area is 177 Å². The molecule has 0 radical (unpaired) electrons. The summed E-state index contributed by atoms with van der Waals surface area (Å²) in [5.41, 5.74) is 3.39. The van der Waals surface area contributed by atoms with Crippen molar-refractivity contribution in [2.45, 2.75) is 39.0 Å². The van der Waals surface area contributed by atoms with Crippen molar-refractivity contribution in [1.29, 1.82) is 0 Å². The van der Waals surface area contributed by atoms with E-state index in [1.165, 1.54) is 12.1 Å². The second-order valence-corrected chi connectivity index (χ2v) is 9.09. The normalized spacial score (nSPS) is 19.2. The number of halogens is 1. The van der Waals surface area contributed by atoms with Crippen LogP contribution in [0.2, 0.25) is 0 Å². The number of aryl methyl sites for hydroxylation is 1. The molecule has 2 heterocycles. The summed E-state index contributed by atoms with van der Waals surface area (Å²) >= 11 is 0. The van der Waals surface area contributed by atoms with Gasteiger partial charge >= 0.3 is 0 Å². The molecule has 0 N–H and O–H groups in total. The molecule has 1 amide bonds. The van der Waals surface area contributed by atoms with Gasteiger partial charge in [-0.2, -0.15) is 0 Å². The Bertz CT molecular complexity index is 960. The third kappa shape index (κ3) is 3.79. The van der Waals surface area contributed by atoms with Crippen molar-refractivity contribution in [2.75, 3.05) is 31.1 Å². The highest BCUT2D eigenvalue weighted by molar-refractivity contribution is 6.07. The van der Waals surface area contributed by atoms with Crippen LogP contribution < -0.4 is 4.90 Å². The molecule has 2 aromatic carbocycles. The summed E-state index contributed by atoms with van der Waals surface area (Å²) in [4.78, 5) is 30.0. The average molecular weight is 409 g/mol. The summed E-state index contributed by atoms with van der Waals surface area (Å²) in [5.74, 6) is -0.0693. The van der Waals surface area contributed by atoms with Crippen LogP contribution in [0.15, 0.2) is 42.5 Å². The molecule has 0 aliphatic carbocycles. The molecule has 4 rings (SSSR count). The summed E-state index contributed by atoms with van der Waals surface area (Å²) in [7, 11) is 0. The molecule has 1 saturated heterocycles. The molecule has 30 heavy (non-hydrogen) atoms. The predicted octanol–water partition coefficient (Wildman–Crippen LogP) is 4.35. The molecular weight excluding hydrogens is 379 g/mol. The number of carbonyl (C=O) groups is 2. The van der Waals surface area contributed by atoms with Gasteiger partial charge in [0.1, 0.15) is 5.82 Å². The van der Waals surface area contributed by atoms with Crippen LogP contribution in [0.4, 0.5) is 10.1 Å². The number of piperidine rings is 1. The number of likely N-dealkylation sites (tertiary alicyclic amines) is 1. The van der Waals surface area contributed by atoms with Crippen LogP contribution in [0.25, 0.3) is 0 Å². The first-order chi connectivity index (χ1) is 14.3. The molecule has 0 unspecified atom stereocenters. The topological polar surface area (TPSA) is 40.6 Å². The fraction of sp³-hybridized carbons (Fsp3) is 0.440. The lowest BCUT2D eigenvalue weighted by Gasteiger charge is -2.32. The number of amides is 1. The highest BCUT2D eigenvalue weighted by atomic mass is 19.1. The molecule has 0 spiro atoms. The van der Waals surface area contributed by atoms with Crippen LogP contribution in [0.5, 0.6) is 0 Å². The third-order valence-corrected chi connectivity index (χ3v) is 6.62. The van der Waals surface area contributed by atoms with Gasteiger partial charge < -0.3 is 9.80 Å². The Morgan fingerprint density at radius 1 is 1.07 bits per heavy atom. The number of carbonyl (C=O) groups excluding carboxylic acids is 2. The van der Waals surface area contributed by atoms with Gasteiger partial charge in [-0.15, -0.1) is 0 Å². The van der Waals surface area contributed by atoms with Crippen molar-refractivity contribution in [3.63, 3.8) is 0 Å². The average Bonchev–Trinajstić information content (AvgIpc) is 2.92. The van der Waals surface area contributed by atoms with E-state index < -0.39 is 5.41 Å². The minimum Gasteiger partial charge on any atom is -0.310 e. The zero-order valence-electron chi connectivity index (χ0n) is 18.0. The molecule has 1 fully saturated rings. The number of Topliss-reactive ketones (excluding diaryl/α,β-unsaturated/α-hetero) is 1. The van der Waals surface area contributed by atoms with E-state index in [0.717, 1.165) is 49.3 Å². The summed E-state index contributed by atoms with van der Waals surface area (Å²) in [6.45, 7) is 9.18. The van der Waals surface area contributed by atoms with E-state index in [4.69, 9.17) is 0 Å². The van der Waals surface area contributed by atoms with Crippen molar-refractivity contribution in [3.8, 4) is 0 Å². The zero-order valence-corrected chi connectivity index (χ0v) is 18.0. The largest absolute Gasteiger partial charge is 0.310 e. The van der Waals surface area contributed by atoms with Crippen LogP contribution in [0.3, 0.4) is 0 Å². The quantitative estimate of drug-likeness (QED) is 0.691. The Balaban J connectivity index is 1.35. The van der Waals surface area contributed by atoms with Crippen molar-refractivity contribution in [3.05, 3.63) is 65.0 Å². The summed E-state index contributed by atoms with van der Waals surface area (Å²) < 4.78 is 13.1.